The van der Waals surface area contributed by atoms with Crippen molar-refractivity contribution >= 4 is 61.0 Å². The first-order valence-corrected chi connectivity index (χ1v) is 36.7. The minimum Gasteiger partial charge on any atom is -0.490 e. The highest BCUT2D eigenvalue weighted by Gasteiger charge is 2.49. The second-order valence-corrected chi connectivity index (χ2v) is 29.6. The number of esters is 2. The van der Waals surface area contributed by atoms with Gasteiger partial charge in [-0.05, 0) is 166 Å². The Balaban J connectivity index is 0.000000238. The summed E-state index contributed by atoms with van der Waals surface area (Å²) in [5, 5.41) is 49.0. The van der Waals surface area contributed by atoms with Gasteiger partial charge in [-0.1, -0.05) is 72.4 Å². The molecule has 9 N–H and O–H groups in total. The van der Waals surface area contributed by atoms with Crippen molar-refractivity contribution in [1.82, 2.24) is 19.4 Å². The molecule has 23 nitrogen and oxygen atoms in total. The van der Waals surface area contributed by atoms with Crippen LogP contribution in [0.1, 0.15) is 131 Å². The van der Waals surface area contributed by atoms with Crippen molar-refractivity contribution < 1.29 is 85.2 Å². The number of halogens is 2. The van der Waals surface area contributed by atoms with E-state index in [0.29, 0.717) is 53.3 Å². The lowest BCUT2D eigenvalue weighted by molar-refractivity contribution is -0.147. The van der Waals surface area contributed by atoms with E-state index in [4.69, 9.17) is 57.7 Å². The quantitative estimate of drug-likeness (QED) is 0.0132. The normalized spacial score (nSPS) is 17.2. The van der Waals surface area contributed by atoms with E-state index in [1.165, 1.54) is 38.5 Å². The summed E-state index contributed by atoms with van der Waals surface area (Å²) < 4.78 is 92.6. The topological polar surface area (TPSA) is 352 Å². The molecule has 10 rings (SSSR count). The number of aliphatic hydroxyl groups is 5. The molecular formula is C71H87Cl2N5O18S2. The maximum absolute atomic E-state index is 13.3. The zero-order chi connectivity index (χ0) is 70.2. The van der Waals surface area contributed by atoms with Crippen LogP contribution in [0, 0.1) is 5.92 Å². The SMILES string of the molecule is COC(=O)[C@@H](N)CCCCNS(=O)(=O)c1ccc(Cl)c(COC2(c3cnccc3-c3ccccc3OC3CC3)CC2)c1.COC(=O)[C@H](CCCCNS(=O)(=O)c1ccc(Cl)c(COC2(c3cnccc3-c3ccccc3OC3CC3)CC2)c1)CC(=O)CC[C@H](O)[C@@H](O)[C@H](O)[C@H](O)CO. The molecule has 0 saturated heterocycles. The number of hydrogen-bond donors (Lipinski definition) is 8. The molecule has 0 spiro atoms. The predicted molar refractivity (Wildman–Crippen MR) is 364 cm³/mol. The smallest absolute Gasteiger partial charge is 0.322 e. The van der Waals surface area contributed by atoms with E-state index in [9.17, 15) is 51.6 Å². The number of para-hydroxylation sites is 2. The summed E-state index contributed by atoms with van der Waals surface area (Å²) in [6, 6.07) is 28.2. The van der Waals surface area contributed by atoms with Crippen LogP contribution in [0.5, 0.6) is 11.5 Å². The number of unbranched alkanes of at least 4 members (excludes halogenated alkanes) is 2. The highest BCUT2D eigenvalue weighted by Crippen LogP contribution is 2.55. The minimum atomic E-state index is -3.94. The van der Waals surface area contributed by atoms with E-state index in [2.05, 4.69) is 30.2 Å². The maximum Gasteiger partial charge on any atom is 0.322 e. The molecular weight excluding hydrogens is 1350 g/mol. The number of pyridine rings is 2. The second-order valence-electron chi connectivity index (χ2n) is 25.3. The van der Waals surface area contributed by atoms with Crippen LogP contribution in [0.3, 0.4) is 0 Å². The van der Waals surface area contributed by atoms with Crippen LogP contribution < -0.4 is 24.7 Å². The number of hydrogen-bond acceptors (Lipinski definition) is 21. The number of ether oxygens (including phenoxy) is 6. The van der Waals surface area contributed by atoms with E-state index in [1.54, 1.807) is 24.5 Å². The molecule has 4 saturated carbocycles. The molecule has 0 bridgehead atoms. The van der Waals surface area contributed by atoms with Gasteiger partial charge in [-0.15, -0.1) is 0 Å². The Kier molecular flexibility index (Phi) is 26.8. The van der Waals surface area contributed by atoms with Gasteiger partial charge in [0.15, 0.2) is 0 Å². The summed E-state index contributed by atoms with van der Waals surface area (Å²) >= 11 is 13.0. The number of sulfonamides is 2. The fourth-order valence-corrected chi connectivity index (χ4v) is 13.9. The van der Waals surface area contributed by atoms with Gasteiger partial charge in [0.25, 0.3) is 0 Å². The van der Waals surface area contributed by atoms with E-state index >= 15 is 0 Å². The van der Waals surface area contributed by atoms with Crippen molar-refractivity contribution in [3.63, 3.8) is 0 Å². The van der Waals surface area contributed by atoms with Crippen molar-refractivity contribution in [2.45, 2.75) is 186 Å². The molecule has 530 valence electrons. The van der Waals surface area contributed by atoms with Gasteiger partial charge in [0, 0.05) is 83.0 Å². The lowest BCUT2D eigenvalue weighted by Crippen LogP contribution is -2.45. The molecule has 0 unspecified atom stereocenters. The number of carbonyl (C=O) groups is 3. The number of ketones is 1. The Morgan fingerprint density at radius 3 is 1.48 bits per heavy atom. The van der Waals surface area contributed by atoms with Gasteiger partial charge in [-0.3, -0.25) is 24.4 Å². The molecule has 0 amide bonds. The van der Waals surface area contributed by atoms with E-state index in [0.717, 1.165) is 96.2 Å². The molecule has 4 aliphatic rings. The fourth-order valence-electron chi connectivity index (χ4n) is 11.3. The first kappa shape index (κ1) is 75.7. The number of benzene rings is 4. The number of aromatic nitrogens is 2. The highest BCUT2D eigenvalue weighted by molar-refractivity contribution is 7.89. The molecule has 2 aromatic heterocycles. The average Bonchev–Trinajstić information content (AvgIpc) is 1.59. The van der Waals surface area contributed by atoms with E-state index in [1.807, 2.05) is 67.0 Å². The third-order valence-corrected chi connectivity index (χ3v) is 21.4. The Hall–Kier alpha value is -6.53. The Morgan fingerprint density at radius 2 is 1.04 bits per heavy atom. The summed E-state index contributed by atoms with van der Waals surface area (Å²) in [7, 11) is -5.24. The standard InChI is InChI=1S/C40H51ClN2O12S.C31H36ClN3O6S/c1-53-39(50)25(20-27(45)9-14-34(46)37(48)38(49)35(47)23-44)6-4-5-18-43-56(51,52)29-12-13-33(41)26(21-29)24-54-40(16-17-40)32-22-42-19-15-30(32)31-7-2-3-8-36(31)55-28-10-11-28;1-39-30(36)28(33)7-4-5-16-35-42(37,38)23-11-12-27(32)21(18-23)20-40-31(14-15-31)26-19-34-17-13-24(26)25-6-2-3-8-29(25)41-22-9-10-22/h2-3,7-8,12-13,15,19,21-22,25,28,34-35,37-38,43-44,46-49H,4-6,9-11,14,16-18,20,23-24H2,1H3;2-3,6,8,11-13,17-19,22,28,35H,4-5,7,9-10,14-16,20,33H2,1H3/t25-,34+,35-,37-,38-;28-/m10/s1. The number of nitrogens with two attached hydrogens (primary N) is 1. The van der Waals surface area contributed by atoms with E-state index < -0.39 is 92.0 Å². The third-order valence-electron chi connectivity index (χ3n) is 17.7. The first-order chi connectivity index (χ1) is 47.0. The van der Waals surface area contributed by atoms with Crippen LogP contribution in [0.4, 0.5) is 0 Å². The summed E-state index contributed by atoms with van der Waals surface area (Å²) in [6.45, 7) is -0.346. The molecule has 27 heteroatoms. The van der Waals surface area contributed by atoms with Gasteiger partial charge in [0.05, 0.1) is 79.3 Å². The van der Waals surface area contributed by atoms with Crippen molar-refractivity contribution in [2.75, 3.05) is 33.9 Å². The molecule has 4 fully saturated rings. The van der Waals surface area contributed by atoms with Gasteiger partial charge in [-0.2, -0.15) is 0 Å². The molecule has 4 aliphatic carbocycles. The molecule has 6 atom stereocenters. The molecule has 2 heterocycles. The summed E-state index contributed by atoms with van der Waals surface area (Å²) in [6.07, 6.45) is 10.0. The fraction of sp³-hybridized carbons (Fsp3) is 0.479. The van der Waals surface area contributed by atoms with Crippen LogP contribution >= 0.6 is 23.2 Å². The van der Waals surface area contributed by atoms with Crippen LogP contribution in [0.15, 0.2) is 132 Å². The maximum atomic E-state index is 13.3. The average molecular weight is 1430 g/mol. The molecule has 0 aliphatic heterocycles. The third kappa shape index (κ3) is 20.6. The van der Waals surface area contributed by atoms with Gasteiger partial charge in [0.2, 0.25) is 20.0 Å². The van der Waals surface area contributed by atoms with Crippen molar-refractivity contribution in [3.8, 4) is 33.8 Å². The van der Waals surface area contributed by atoms with Crippen molar-refractivity contribution in [1.29, 1.82) is 0 Å². The minimum absolute atomic E-state index is 0.0160. The number of methoxy groups -OCH3 is 2. The molecule has 98 heavy (non-hydrogen) atoms. The lowest BCUT2D eigenvalue weighted by Gasteiger charge is -2.25. The number of nitrogens with one attached hydrogen (secondary N) is 2. The monoisotopic (exact) mass is 1430 g/mol. The van der Waals surface area contributed by atoms with Crippen LogP contribution in [-0.4, -0.2) is 147 Å². The van der Waals surface area contributed by atoms with Gasteiger partial charge in [0.1, 0.15) is 41.6 Å². The van der Waals surface area contributed by atoms with Crippen LogP contribution in [0.25, 0.3) is 22.3 Å². The number of carbonyl (C=O) groups excluding carboxylic acids is 3. The summed E-state index contributed by atoms with van der Waals surface area (Å²) in [4.78, 5) is 45.4. The molecule has 0 radical (unpaired) electrons. The second kappa shape index (κ2) is 34.7. The summed E-state index contributed by atoms with van der Waals surface area (Å²) in [5.41, 5.74) is 11.5. The van der Waals surface area contributed by atoms with E-state index in [-0.39, 0.29) is 74.0 Å². The Bertz CT molecular complexity index is 3930. The van der Waals surface area contributed by atoms with Gasteiger partial charge >= 0.3 is 11.9 Å². The van der Waals surface area contributed by atoms with Gasteiger partial charge < -0.3 is 59.7 Å². The molecule has 4 aromatic carbocycles. The van der Waals surface area contributed by atoms with Crippen molar-refractivity contribution in [2.24, 2.45) is 11.7 Å². The Labute approximate surface area is 581 Å². The number of nitrogens with zero attached hydrogens (tertiary/aromatic N) is 2. The van der Waals surface area contributed by atoms with Crippen molar-refractivity contribution in [3.05, 3.63) is 154 Å². The summed E-state index contributed by atoms with van der Waals surface area (Å²) in [5.74, 6) is -0.640. The lowest BCUT2D eigenvalue weighted by atomic mass is 9.93. The largest absolute Gasteiger partial charge is 0.490 e. The van der Waals surface area contributed by atoms with Gasteiger partial charge in [-0.25, -0.2) is 26.3 Å². The highest BCUT2D eigenvalue weighted by atomic mass is 35.5. The number of rotatable bonds is 39. The Morgan fingerprint density at radius 1 is 0.592 bits per heavy atom. The molecule has 6 aromatic rings. The number of aliphatic hydroxyl groups excluding tert-OH is 5. The zero-order valence-electron chi connectivity index (χ0n) is 54.8. The zero-order valence-corrected chi connectivity index (χ0v) is 58.0. The first-order valence-electron chi connectivity index (χ1n) is 33.0. The van der Waals surface area contributed by atoms with Crippen LogP contribution in [-0.2, 0) is 77.8 Å². The van der Waals surface area contributed by atoms with Crippen LogP contribution in [0.2, 0.25) is 10.0 Å². The number of Topliss-reactive ketones (excluding diaryl/α,β-unsaturated/α-hetero) is 1. The predicted octanol–water partition coefficient (Wildman–Crippen LogP) is 8.66.